The van der Waals surface area contributed by atoms with Crippen LogP contribution < -0.4 is 5.32 Å². The van der Waals surface area contributed by atoms with Gasteiger partial charge in [-0.3, -0.25) is 5.32 Å². The lowest BCUT2D eigenvalue weighted by Gasteiger charge is -2.28. The molecule has 0 saturated heterocycles. The molecule has 0 aliphatic carbocycles. The van der Waals surface area contributed by atoms with Crippen molar-refractivity contribution in [1.29, 1.82) is 0 Å². The third-order valence-electron chi connectivity index (χ3n) is 1.96. The van der Waals surface area contributed by atoms with Gasteiger partial charge < -0.3 is 24.1 Å². The number of amides is 1. The standard InChI is InChI=1S/C13H27NO6/c1-6-17-11(18-7-2)10(19-9-8-15)14-12(16)20-13(3,4)5/h10-11,15H,6-9H2,1-5H3,(H,14,16). The maximum absolute atomic E-state index is 11.8. The highest BCUT2D eigenvalue weighted by Crippen LogP contribution is 2.09. The van der Waals surface area contributed by atoms with Crippen molar-refractivity contribution in [2.75, 3.05) is 26.4 Å². The van der Waals surface area contributed by atoms with E-state index in [0.717, 1.165) is 0 Å². The summed E-state index contributed by atoms with van der Waals surface area (Å²) >= 11 is 0. The van der Waals surface area contributed by atoms with Gasteiger partial charge in [-0.1, -0.05) is 0 Å². The fourth-order valence-electron chi connectivity index (χ4n) is 1.34. The number of hydrogen-bond acceptors (Lipinski definition) is 6. The van der Waals surface area contributed by atoms with Gasteiger partial charge in [0, 0.05) is 13.2 Å². The predicted molar refractivity (Wildman–Crippen MR) is 73.2 cm³/mol. The van der Waals surface area contributed by atoms with Crippen LogP contribution in [-0.4, -0.2) is 55.7 Å². The van der Waals surface area contributed by atoms with Gasteiger partial charge in [0.15, 0.2) is 6.23 Å². The van der Waals surface area contributed by atoms with Crippen molar-refractivity contribution in [3.05, 3.63) is 0 Å². The summed E-state index contributed by atoms with van der Waals surface area (Å²) in [5.74, 6) is 0. The van der Waals surface area contributed by atoms with Crippen LogP contribution in [0.3, 0.4) is 0 Å². The maximum Gasteiger partial charge on any atom is 0.409 e. The number of nitrogens with one attached hydrogen (secondary N) is 1. The Bertz CT molecular complexity index is 260. The molecule has 0 rings (SSSR count). The summed E-state index contributed by atoms with van der Waals surface area (Å²) in [6.45, 7) is 9.59. The second-order valence-electron chi connectivity index (χ2n) is 4.94. The zero-order valence-electron chi connectivity index (χ0n) is 13.0. The van der Waals surface area contributed by atoms with E-state index < -0.39 is 24.2 Å². The van der Waals surface area contributed by atoms with Crippen molar-refractivity contribution in [2.45, 2.75) is 52.7 Å². The van der Waals surface area contributed by atoms with Gasteiger partial charge in [0.2, 0.25) is 6.29 Å². The Kier molecular flexibility index (Phi) is 9.49. The third-order valence-corrected chi connectivity index (χ3v) is 1.96. The fraction of sp³-hybridized carbons (Fsp3) is 0.923. The van der Waals surface area contributed by atoms with Gasteiger partial charge in [-0.05, 0) is 34.6 Å². The summed E-state index contributed by atoms with van der Waals surface area (Å²) in [7, 11) is 0. The second kappa shape index (κ2) is 9.93. The van der Waals surface area contributed by atoms with Crippen molar-refractivity contribution in [3.8, 4) is 0 Å². The van der Waals surface area contributed by atoms with E-state index in [-0.39, 0.29) is 13.2 Å². The van der Waals surface area contributed by atoms with Gasteiger partial charge >= 0.3 is 6.09 Å². The van der Waals surface area contributed by atoms with Crippen LogP contribution in [0, 0.1) is 0 Å². The van der Waals surface area contributed by atoms with Crippen molar-refractivity contribution in [2.24, 2.45) is 0 Å². The molecule has 20 heavy (non-hydrogen) atoms. The maximum atomic E-state index is 11.8. The first-order chi connectivity index (χ1) is 9.34. The highest BCUT2D eigenvalue weighted by molar-refractivity contribution is 5.67. The first-order valence-electron chi connectivity index (χ1n) is 6.79. The van der Waals surface area contributed by atoms with Gasteiger partial charge in [-0.15, -0.1) is 0 Å². The normalized spacial score (nSPS) is 13.3. The lowest BCUT2D eigenvalue weighted by Crippen LogP contribution is -2.49. The zero-order chi connectivity index (χ0) is 15.6. The van der Waals surface area contributed by atoms with Crippen molar-refractivity contribution >= 4 is 6.09 Å². The minimum absolute atomic E-state index is 0.0527. The number of carbonyl (C=O) groups is 1. The van der Waals surface area contributed by atoms with Gasteiger partial charge in [-0.25, -0.2) is 4.79 Å². The Hall–Kier alpha value is -0.890. The molecule has 1 unspecified atom stereocenters. The number of hydrogen-bond donors (Lipinski definition) is 2. The van der Waals surface area contributed by atoms with Crippen molar-refractivity contribution < 1.29 is 28.8 Å². The highest BCUT2D eigenvalue weighted by atomic mass is 16.7. The van der Waals surface area contributed by atoms with Crippen LogP contribution in [0.2, 0.25) is 0 Å². The van der Waals surface area contributed by atoms with E-state index in [2.05, 4.69) is 5.32 Å². The van der Waals surface area contributed by atoms with Gasteiger partial charge in [0.25, 0.3) is 0 Å². The third kappa shape index (κ3) is 9.08. The summed E-state index contributed by atoms with van der Waals surface area (Å²) in [4.78, 5) is 11.8. The van der Waals surface area contributed by atoms with E-state index in [1.807, 2.05) is 13.8 Å². The van der Waals surface area contributed by atoms with Crippen molar-refractivity contribution in [3.63, 3.8) is 0 Å². The monoisotopic (exact) mass is 293 g/mol. The van der Waals surface area contributed by atoms with E-state index in [9.17, 15) is 4.79 Å². The number of carbonyl (C=O) groups excluding carboxylic acids is 1. The molecule has 7 nitrogen and oxygen atoms in total. The van der Waals surface area contributed by atoms with Gasteiger partial charge in [-0.2, -0.15) is 0 Å². The summed E-state index contributed by atoms with van der Waals surface area (Å²) in [5, 5.41) is 11.4. The molecule has 7 heteroatoms. The Labute approximate surface area is 120 Å². The molecular formula is C13H27NO6. The summed E-state index contributed by atoms with van der Waals surface area (Å²) in [5.41, 5.74) is -0.613. The summed E-state index contributed by atoms with van der Waals surface area (Å²) in [6, 6.07) is 0. The largest absolute Gasteiger partial charge is 0.444 e. The van der Waals surface area contributed by atoms with Crippen LogP contribution in [0.4, 0.5) is 4.79 Å². The predicted octanol–water partition coefficient (Wildman–Crippen LogP) is 1.25. The SMILES string of the molecule is CCOC(OCC)C(NC(=O)OC(C)(C)C)OCCO. The molecule has 0 fully saturated rings. The first-order valence-corrected chi connectivity index (χ1v) is 6.79. The molecule has 0 aliphatic heterocycles. The van der Waals surface area contributed by atoms with E-state index in [1.165, 1.54) is 0 Å². The molecule has 2 N–H and O–H groups in total. The molecule has 0 aromatic carbocycles. The van der Waals surface area contributed by atoms with Crippen LogP contribution in [0.5, 0.6) is 0 Å². The molecule has 0 aromatic heterocycles. The molecule has 0 radical (unpaired) electrons. The molecule has 0 spiro atoms. The number of alkyl carbamates (subject to hydrolysis) is 1. The van der Waals surface area contributed by atoms with Crippen LogP contribution >= 0.6 is 0 Å². The number of aliphatic hydroxyl groups excluding tert-OH is 1. The Morgan fingerprint density at radius 2 is 1.70 bits per heavy atom. The molecule has 120 valence electrons. The average molecular weight is 293 g/mol. The second-order valence-corrected chi connectivity index (χ2v) is 4.94. The average Bonchev–Trinajstić information content (AvgIpc) is 2.32. The molecule has 1 amide bonds. The Morgan fingerprint density at radius 3 is 2.10 bits per heavy atom. The van der Waals surface area contributed by atoms with Gasteiger partial charge in [0.1, 0.15) is 5.60 Å². The van der Waals surface area contributed by atoms with Crippen molar-refractivity contribution in [1.82, 2.24) is 5.32 Å². The highest BCUT2D eigenvalue weighted by Gasteiger charge is 2.27. The molecule has 0 aliphatic rings. The molecule has 0 bridgehead atoms. The van der Waals surface area contributed by atoms with Crippen LogP contribution in [-0.2, 0) is 18.9 Å². The van der Waals surface area contributed by atoms with E-state index >= 15 is 0 Å². The Balaban J connectivity index is 4.62. The summed E-state index contributed by atoms with van der Waals surface area (Å²) < 4.78 is 21.2. The first kappa shape index (κ1) is 19.1. The fourth-order valence-corrected chi connectivity index (χ4v) is 1.34. The van der Waals surface area contributed by atoms with Crippen LogP contribution in [0.25, 0.3) is 0 Å². The number of ether oxygens (including phenoxy) is 4. The molecule has 0 saturated carbocycles. The lowest BCUT2D eigenvalue weighted by atomic mass is 10.2. The van der Waals surface area contributed by atoms with E-state index in [0.29, 0.717) is 13.2 Å². The topological polar surface area (TPSA) is 86.3 Å². The Morgan fingerprint density at radius 1 is 1.15 bits per heavy atom. The minimum Gasteiger partial charge on any atom is -0.444 e. The quantitative estimate of drug-likeness (QED) is 0.622. The van der Waals surface area contributed by atoms with E-state index in [4.69, 9.17) is 24.1 Å². The molecular weight excluding hydrogens is 266 g/mol. The summed E-state index contributed by atoms with van der Waals surface area (Å²) in [6.07, 6.45) is -2.24. The number of aliphatic hydroxyl groups is 1. The number of rotatable bonds is 9. The smallest absolute Gasteiger partial charge is 0.409 e. The van der Waals surface area contributed by atoms with E-state index in [1.54, 1.807) is 20.8 Å². The van der Waals surface area contributed by atoms with Crippen LogP contribution in [0.1, 0.15) is 34.6 Å². The van der Waals surface area contributed by atoms with Crippen LogP contribution in [0.15, 0.2) is 0 Å². The molecule has 0 heterocycles. The molecule has 0 aromatic rings. The lowest BCUT2D eigenvalue weighted by molar-refractivity contribution is -0.211. The minimum atomic E-state index is -0.850. The molecule has 1 atom stereocenters. The van der Waals surface area contributed by atoms with Gasteiger partial charge in [0.05, 0.1) is 13.2 Å². The zero-order valence-corrected chi connectivity index (χ0v) is 13.0.